The first-order valence-corrected chi connectivity index (χ1v) is 8.01. The number of aromatic hydroxyl groups is 1. The lowest BCUT2D eigenvalue weighted by atomic mass is 10.0. The van der Waals surface area contributed by atoms with Crippen LogP contribution in [0, 0.1) is 0 Å². The van der Waals surface area contributed by atoms with Crippen molar-refractivity contribution in [1.29, 1.82) is 0 Å². The van der Waals surface area contributed by atoms with E-state index in [2.05, 4.69) is 40.9 Å². The van der Waals surface area contributed by atoms with Gasteiger partial charge in [-0.1, -0.05) is 26.0 Å². The predicted octanol–water partition coefficient (Wildman–Crippen LogP) is 2.77. The Morgan fingerprint density at radius 3 is 2.82 bits per heavy atom. The van der Waals surface area contributed by atoms with E-state index >= 15 is 0 Å². The van der Waals surface area contributed by atoms with Crippen molar-refractivity contribution in [3.63, 3.8) is 0 Å². The van der Waals surface area contributed by atoms with Crippen molar-refractivity contribution in [1.82, 2.24) is 20.1 Å². The molecule has 0 spiro atoms. The van der Waals surface area contributed by atoms with Crippen molar-refractivity contribution >= 4 is 0 Å². The van der Waals surface area contributed by atoms with Gasteiger partial charge in [-0.05, 0) is 31.0 Å². The predicted molar refractivity (Wildman–Crippen MR) is 85.9 cm³/mol. The maximum atomic E-state index is 9.62. The minimum absolute atomic E-state index is 0.206. The summed E-state index contributed by atoms with van der Waals surface area (Å²) in [6.07, 6.45) is 2.03. The van der Waals surface area contributed by atoms with Gasteiger partial charge < -0.3 is 15.0 Å². The average Bonchev–Trinajstić information content (AvgIpc) is 2.90. The Morgan fingerprint density at radius 1 is 1.27 bits per heavy atom. The number of aromatic nitrogens is 3. The number of phenols is 1. The first-order valence-electron chi connectivity index (χ1n) is 8.01. The molecule has 22 heavy (non-hydrogen) atoms. The Hall–Kier alpha value is -1.88. The van der Waals surface area contributed by atoms with Crippen LogP contribution >= 0.6 is 0 Å². The second kappa shape index (κ2) is 6.08. The van der Waals surface area contributed by atoms with Crippen LogP contribution in [0.3, 0.4) is 0 Å². The Balaban J connectivity index is 1.71. The van der Waals surface area contributed by atoms with Crippen molar-refractivity contribution in [3.05, 3.63) is 41.5 Å². The molecule has 1 aromatic carbocycles. The number of aryl methyl sites for hydroxylation is 1. The van der Waals surface area contributed by atoms with E-state index in [1.54, 1.807) is 6.07 Å². The highest BCUT2D eigenvalue weighted by molar-refractivity contribution is 5.29. The van der Waals surface area contributed by atoms with E-state index in [9.17, 15) is 5.11 Å². The van der Waals surface area contributed by atoms with Crippen LogP contribution in [0.4, 0.5) is 0 Å². The highest BCUT2D eigenvalue weighted by Gasteiger charge is 2.25. The van der Waals surface area contributed by atoms with Crippen LogP contribution in [0.5, 0.6) is 5.75 Å². The standard InChI is InChI=1S/C17H24N4O/c1-11(2)17-20-19-16-8-7-14(10-21(16)17)18-12(3)13-5-4-6-15(22)9-13/h4-6,9,11-12,14,18,22H,7-8,10H2,1-3H3/t12-,14+/m0/s1. The topological polar surface area (TPSA) is 63.0 Å². The largest absolute Gasteiger partial charge is 0.508 e. The van der Waals surface area contributed by atoms with E-state index in [0.717, 1.165) is 36.6 Å². The van der Waals surface area contributed by atoms with Crippen LogP contribution in [0.1, 0.15) is 56.4 Å². The molecule has 2 atom stereocenters. The number of nitrogens with zero attached hydrogens (tertiary/aromatic N) is 3. The van der Waals surface area contributed by atoms with Gasteiger partial charge in [-0.15, -0.1) is 10.2 Å². The molecule has 0 bridgehead atoms. The molecule has 2 heterocycles. The van der Waals surface area contributed by atoms with Crippen molar-refractivity contribution < 1.29 is 5.11 Å². The monoisotopic (exact) mass is 300 g/mol. The minimum atomic E-state index is 0.206. The van der Waals surface area contributed by atoms with Crippen LogP contribution < -0.4 is 5.32 Å². The Labute approximate surface area is 131 Å². The van der Waals surface area contributed by atoms with Gasteiger partial charge in [0, 0.05) is 31.0 Å². The van der Waals surface area contributed by atoms with Crippen molar-refractivity contribution in [2.45, 2.75) is 58.2 Å². The molecular weight excluding hydrogens is 276 g/mol. The molecule has 2 aromatic rings. The third kappa shape index (κ3) is 2.99. The summed E-state index contributed by atoms with van der Waals surface area (Å²) in [7, 11) is 0. The molecule has 0 unspecified atom stereocenters. The summed E-state index contributed by atoms with van der Waals surface area (Å²) >= 11 is 0. The van der Waals surface area contributed by atoms with Gasteiger partial charge in [-0.25, -0.2) is 0 Å². The molecular formula is C17H24N4O. The molecule has 5 nitrogen and oxygen atoms in total. The zero-order valence-corrected chi connectivity index (χ0v) is 13.5. The lowest BCUT2D eigenvalue weighted by Crippen LogP contribution is -2.39. The molecule has 1 aliphatic heterocycles. The summed E-state index contributed by atoms with van der Waals surface area (Å²) in [6, 6.07) is 8.07. The second-order valence-corrected chi connectivity index (χ2v) is 6.46. The van der Waals surface area contributed by atoms with Crippen molar-refractivity contribution in [3.8, 4) is 5.75 Å². The maximum absolute atomic E-state index is 9.62. The van der Waals surface area contributed by atoms with E-state index in [1.165, 1.54) is 0 Å². The van der Waals surface area contributed by atoms with E-state index < -0.39 is 0 Å². The summed E-state index contributed by atoms with van der Waals surface area (Å²) in [4.78, 5) is 0. The first kappa shape index (κ1) is 15.0. The van der Waals surface area contributed by atoms with Gasteiger partial charge in [0.1, 0.15) is 17.4 Å². The van der Waals surface area contributed by atoms with Gasteiger partial charge in [-0.3, -0.25) is 0 Å². The van der Waals surface area contributed by atoms with Gasteiger partial charge in [0.2, 0.25) is 0 Å². The van der Waals surface area contributed by atoms with Gasteiger partial charge in [0.15, 0.2) is 0 Å². The minimum Gasteiger partial charge on any atom is -0.508 e. The molecule has 1 aliphatic rings. The molecule has 0 saturated heterocycles. The molecule has 2 N–H and O–H groups in total. The number of hydrogen-bond acceptors (Lipinski definition) is 4. The summed E-state index contributed by atoms with van der Waals surface area (Å²) in [5.74, 6) is 2.89. The Kier molecular flexibility index (Phi) is 4.16. The summed E-state index contributed by atoms with van der Waals surface area (Å²) < 4.78 is 2.26. The lowest BCUT2D eigenvalue weighted by molar-refractivity contribution is 0.345. The van der Waals surface area contributed by atoms with Crippen LogP contribution in [0.15, 0.2) is 24.3 Å². The highest BCUT2D eigenvalue weighted by Crippen LogP contribution is 2.23. The summed E-state index contributed by atoms with van der Waals surface area (Å²) in [5.41, 5.74) is 1.11. The van der Waals surface area contributed by atoms with E-state index in [0.29, 0.717) is 17.7 Å². The van der Waals surface area contributed by atoms with Crippen LogP contribution in [-0.4, -0.2) is 25.9 Å². The number of benzene rings is 1. The van der Waals surface area contributed by atoms with Crippen LogP contribution in [0.2, 0.25) is 0 Å². The molecule has 0 amide bonds. The smallest absolute Gasteiger partial charge is 0.135 e. The van der Waals surface area contributed by atoms with Crippen LogP contribution in [-0.2, 0) is 13.0 Å². The van der Waals surface area contributed by atoms with Gasteiger partial charge in [-0.2, -0.15) is 0 Å². The molecule has 0 radical (unpaired) electrons. The maximum Gasteiger partial charge on any atom is 0.135 e. The molecule has 118 valence electrons. The normalized spacial score (nSPS) is 19.2. The quantitative estimate of drug-likeness (QED) is 0.911. The molecule has 5 heteroatoms. The summed E-state index contributed by atoms with van der Waals surface area (Å²) in [5, 5.41) is 21.9. The second-order valence-electron chi connectivity index (χ2n) is 6.46. The van der Waals surface area contributed by atoms with E-state index in [4.69, 9.17) is 0 Å². The molecule has 0 aliphatic carbocycles. The Morgan fingerprint density at radius 2 is 2.09 bits per heavy atom. The number of nitrogens with one attached hydrogen (secondary N) is 1. The fourth-order valence-corrected chi connectivity index (χ4v) is 3.16. The zero-order valence-electron chi connectivity index (χ0n) is 13.5. The number of rotatable bonds is 4. The third-order valence-corrected chi connectivity index (χ3v) is 4.35. The average molecular weight is 300 g/mol. The third-order valence-electron chi connectivity index (χ3n) is 4.35. The fourth-order valence-electron chi connectivity index (χ4n) is 3.16. The summed E-state index contributed by atoms with van der Waals surface area (Å²) in [6.45, 7) is 7.37. The van der Waals surface area contributed by atoms with Crippen molar-refractivity contribution in [2.24, 2.45) is 0 Å². The number of hydrogen-bond donors (Lipinski definition) is 2. The molecule has 3 rings (SSSR count). The lowest BCUT2D eigenvalue weighted by Gasteiger charge is -2.29. The molecule has 1 aromatic heterocycles. The highest BCUT2D eigenvalue weighted by atomic mass is 16.3. The van der Waals surface area contributed by atoms with E-state index in [-0.39, 0.29) is 6.04 Å². The van der Waals surface area contributed by atoms with Gasteiger partial charge in [0.25, 0.3) is 0 Å². The Bertz CT molecular complexity index is 650. The van der Waals surface area contributed by atoms with Crippen molar-refractivity contribution in [2.75, 3.05) is 0 Å². The van der Waals surface area contributed by atoms with Gasteiger partial charge >= 0.3 is 0 Å². The fraction of sp³-hybridized carbons (Fsp3) is 0.529. The van der Waals surface area contributed by atoms with Crippen LogP contribution in [0.25, 0.3) is 0 Å². The first-order chi connectivity index (χ1) is 10.5. The molecule has 0 saturated carbocycles. The van der Waals surface area contributed by atoms with Gasteiger partial charge in [0.05, 0.1) is 0 Å². The number of phenolic OH excluding ortho intramolecular Hbond substituents is 1. The SMILES string of the molecule is CC(C)c1nnc2n1C[C@H](N[C@@H](C)c1cccc(O)c1)CC2. The van der Waals surface area contributed by atoms with E-state index in [1.807, 2.05) is 18.2 Å². The zero-order chi connectivity index (χ0) is 15.7. The number of fused-ring (bicyclic) bond motifs is 1. The molecule has 0 fully saturated rings.